The summed E-state index contributed by atoms with van der Waals surface area (Å²) >= 11 is 0. The van der Waals surface area contributed by atoms with Crippen molar-refractivity contribution < 1.29 is 4.74 Å². The van der Waals surface area contributed by atoms with Crippen LogP contribution in [0.4, 0.5) is 0 Å². The van der Waals surface area contributed by atoms with E-state index in [-0.39, 0.29) is 0 Å². The summed E-state index contributed by atoms with van der Waals surface area (Å²) in [5.41, 5.74) is 4.71. The fraction of sp³-hybridized carbons (Fsp3) is 0.111. The molecule has 2 aromatic carbocycles. The molecule has 1 N–H and O–H groups in total. The van der Waals surface area contributed by atoms with Crippen molar-refractivity contribution in [2.45, 2.75) is 6.92 Å². The maximum atomic E-state index is 5.31. The van der Waals surface area contributed by atoms with Gasteiger partial charge < -0.3 is 9.72 Å². The van der Waals surface area contributed by atoms with Crippen LogP contribution in [0.25, 0.3) is 23.1 Å². The molecule has 0 bridgehead atoms. The van der Waals surface area contributed by atoms with E-state index >= 15 is 0 Å². The predicted molar refractivity (Wildman–Crippen MR) is 85.0 cm³/mol. The SMILES string of the molecule is COc1ccc2[nH]c(C)c(/C=C/c3ccccc3)c2c1. The van der Waals surface area contributed by atoms with Crippen LogP contribution in [0.15, 0.2) is 48.5 Å². The molecule has 2 nitrogen and oxygen atoms in total. The lowest BCUT2D eigenvalue weighted by molar-refractivity contribution is 0.415. The highest BCUT2D eigenvalue weighted by Gasteiger charge is 2.06. The number of methoxy groups -OCH3 is 1. The largest absolute Gasteiger partial charge is 0.497 e. The lowest BCUT2D eigenvalue weighted by atomic mass is 10.1. The smallest absolute Gasteiger partial charge is 0.119 e. The Morgan fingerprint density at radius 1 is 1.00 bits per heavy atom. The van der Waals surface area contributed by atoms with Gasteiger partial charge in [0.25, 0.3) is 0 Å². The van der Waals surface area contributed by atoms with Crippen molar-refractivity contribution in [3.8, 4) is 5.75 Å². The zero-order valence-corrected chi connectivity index (χ0v) is 11.7. The summed E-state index contributed by atoms with van der Waals surface area (Å²) < 4.78 is 5.31. The Balaban J connectivity index is 2.06. The van der Waals surface area contributed by atoms with E-state index in [0.29, 0.717) is 0 Å². The molecule has 3 rings (SSSR count). The molecule has 0 unspecified atom stereocenters. The Morgan fingerprint density at radius 2 is 1.80 bits per heavy atom. The fourth-order valence-electron chi connectivity index (χ4n) is 2.41. The quantitative estimate of drug-likeness (QED) is 0.730. The van der Waals surface area contributed by atoms with Gasteiger partial charge in [-0.25, -0.2) is 0 Å². The first-order valence-electron chi connectivity index (χ1n) is 6.67. The van der Waals surface area contributed by atoms with E-state index in [2.05, 4.69) is 48.3 Å². The predicted octanol–water partition coefficient (Wildman–Crippen LogP) is 4.66. The number of aromatic nitrogens is 1. The van der Waals surface area contributed by atoms with Crippen molar-refractivity contribution in [1.82, 2.24) is 4.98 Å². The Bertz CT molecular complexity index is 754. The van der Waals surface area contributed by atoms with Crippen LogP contribution in [0.5, 0.6) is 5.75 Å². The molecular formula is C18H17NO. The van der Waals surface area contributed by atoms with Crippen LogP contribution < -0.4 is 4.74 Å². The van der Waals surface area contributed by atoms with Gasteiger partial charge in [-0.1, -0.05) is 42.5 Å². The standard InChI is InChI=1S/C18H17NO/c1-13-16(10-8-14-6-4-3-5-7-14)17-12-15(20-2)9-11-18(17)19-13/h3-12,19H,1-2H3/b10-8+. The molecule has 0 fully saturated rings. The maximum Gasteiger partial charge on any atom is 0.119 e. The first-order chi connectivity index (χ1) is 9.78. The van der Waals surface area contributed by atoms with Crippen molar-refractivity contribution >= 4 is 23.1 Å². The average Bonchev–Trinajstić information content (AvgIpc) is 2.80. The van der Waals surface area contributed by atoms with Crippen molar-refractivity contribution in [3.63, 3.8) is 0 Å². The summed E-state index contributed by atoms with van der Waals surface area (Å²) in [4.78, 5) is 3.41. The topological polar surface area (TPSA) is 25.0 Å². The van der Waals surface area contributed by atoms with E-state index in [1.54, 1.807) is 7.11 Å². The van der Waals surface area contributed by atoms with Gasteiger partial charge in [0.15, 0.2) is 0 Å². The van der Waals surface area contributed by atoms with Crippen LogP contribution in [0.3, 0.4) is 0 Å². The lowest BCUT2D eigenvalue weighted by Crippen LogP contribution is -1.81. The lowest BCUT2D eigenvalue weighted by Gasteiger charge is -2.00. The van der Waals surface area contributed by atoms with E-state index in [1.807, 2.05) is 24.3 Å². The Hall–Kier alpha value is -2.48. The van der Waals surface area contributed by atoms with Crippen molar-refractivity contribution in [1.29, 1.82) is 0 Å². The summed E-state index contributed by atoms with van der Waals surface area (Å²) in [6.45, 7) is 2.09. The third-order valence-electron chi connectivity index (χ3n) is 3.49. The molecule has 0 aliphatic heterocycles. The van der Waals surface area contributed by atoms with E-state index in [0.717, 1.165) is 11.3 Å². The molecular weight excluding hydrogens is 246 g/mol. The minimum absolute atomic E-state index is 0.880. The molecule has 0 atom stereocenters. The Kier molecular flexibility index (Phi) is 3.30. The summed E-state index contributed by atoms with van der Waals surface area (Å²) in [5.74, 6) is 0.880. The van der Waals surface area contributed by atoms with E-state index < -0.39 is 0 Å². The van der Waals surface area contributed by atoms with Crippen molar-refractivity contribution in [2.24, 2.45) is 0 Å². The van der Waals surface area contributed by atoms with Gasteiger partial charge in [-0.3, -0.25) is 0 Å². The molecule has 0 saturated heterocycles. The van der Waals surface area contributed by atoms with Crippen LogP contribution in [-0.2, 0) is 0 Å². The monoisotopic (exact) mass is 263 g/mol. The number of benzene rings is 2. The summed E-state index contributed by atoms with van der Waals surface area (Å²) in [7, 11) is 1.69. The molecule has 0 amide bonds. The molecule has 0 saturated carbocycles. The summed E-state index contributed by atoms with van der Waals surface area (Å²) in [5, 5.41) is 1.19. The number of fused-ring (bicyclic) bond motifs is 1. The molecule has 2 heteroatoms. The molecule has 0 aliphatic carbocycles. The van der Waals surface area contributed by atoms with Crippen molar-refractivity contribution in [3.05, 3.63) is 65.4 Å². The van der Waals surface area contributed by atoms with Gasteiger partial charge in [-0.15, -0.1) is 0 Å². The molecule has 1 aromatic heterocycles. The number of H-pyrrole nitrogens is 1. The Labute approximate surface area is 118 Å². The number of ether oxygens (including phenoxy) is 1. The van der Waals surface area contributed by atoms with E-state index in [1.165, 1.54) is 22.2 Å². The number of aryl methyl sites for hydroxylation is 1. The van der Waals surface area contributed by atoms with Crippen molar-refractivity contribution in [2.75, 3.05) is 7.11 Å². The maximum absolute atomic E-state index is 5.31. The van der Waals surface area contributed by atoms with E-state index in [9.17, 15) is 0 Å². The highest BCUT2D eigenvalue weighted by molar-refractivity contribution is 5.93. The van der Waals surface area contributed by atoms with Gasteiger partial charge in [0.05, 0.1) is 7.11 Å². The number of nitrogens with one attached hydrogen (secondary N) is 1. The third-order valence-corrected chi connectivity index (χ3v) is 3.49. The van der Waals surface area contributed by atoms with Crippen LogP contribution in [0.2, 0.25) is 0 Å². The molecule has 3 aromatic rings. The number of hydrogen-bond acceptors (Lipinski definition) is 1. The second-order valence-electron chi connectivity index (χ2n) is 4.82. The Morgan fingerprint density at radius 3 is 2.55 bits per heavy atom. The molecule has 0 aliphatic rings. The van der Waals surface area contributed by atoms with Gasteiger partial charge >= 0.3 is 0 Å². The number of hydrogen-bond donors (Lipinski definition) is 1. The van der Waals surface area contributed by atoms with Gasteiger partial charge in [-0.2, -0.15) is 0 Å². The second kappa shape index (κ2) is 5.25. The minimum atomic E-state index is 0.880. The first kappa shape index (κ1) is 12.5. The summed E-state index contributed by atoms with van der Waals surface area (Å²) in [6, 6.07) is 16.4. The zero-order valence-electron chi connectivity index (χ0n) is 11.7. The van der Waals surface area contributed by atoms with Gasteiger partial charge in [0, 0.05) is 22.2 Å². The molecule has 0 spiro atoms. The molecule has 100 valence electrons. The van der Waals surface area contributed by atoms with E-state index in [4.69, 9.17) is 4.74 Å². The van der Waals surface area contributed by atoms with Gasteiger partial charge in [0.2, 0.25) is 0 Å². The second-order valence-corrected chi connectivity index (χ2v) is 4.82. The first-order valence-corrected chi connectivity index (χ1v) is 6.67. The normalized spacial score (nSPS) is 11.3. The number of aromatic amines is 1. The minimum Gasteiger partial charge on any atom is -0.497 e. The highest BCUT2D eigenvalue weighted by atomic mass is 16.5. The van der Waals surface area contributed by atoms with Crippen LogP contribution in [0, 0.1) is 6.92 Å². The fourth-order valence-corrected chi connectivity index (χ4v) is 2.41. The van der Waals surface area contributed by atoms with Crippen LogP contribution >= 0.6 is 0 Å². The molecule has 20 heavy (non-hydrogen) atoms. The molecule has 0 radical (unpaired) electrons. The molecule has 1 heterocycles. The van der Waals surface area contributed by atoms with Gasteiger partial charge in [0.1, 0.15) is 5.75 Å². The van der Waals surface area contributed by atoms with Crippen LogP contribution in [0.1, 0.15) is 16.8 Å². The highest BCUT2D eigenvalue weighted by Crippen LogP contribution is 2.27. The zero-order chi connectivity index (χ0) is 13.9. The van der Waals surface area contributed by atoms with Gasteiger partial charge in [-0.05, 0) is 30.7 Å². The average molecular weight is 263 g/mol. The van der Waals surface area contributed by atoms with Crippen LogP contribution in [-0.4, -0.2) is 12.1 Å². The number of rotatable bonds is 3. The summed E-state index contributed by atoms with van der Waals surface area (Å²) in [6.07, 6.45) is 4.29. The third kappa shape index (κ3) is 2.32.